The first kappa shape index (κ1) is 23.9. The van der Waals surface area contributed by atoms with Crippen molar-refractivity contribution in [2.75, 3.05) is 11.9 Å². The maximum absolute atomic E-state index is 13.6. The second-order valence-electron chi connectivity index (χ2n) is 8.94. The number of nitrogens with one attached hydrogen (secondary N) is 1. The number of hydrogen-bond acceptors (Lipinski definition) is 6. The fourth-order valence-electron chi connectivity index (χ4n) is 4.61. The number of esters is 1. The number of amides is 1. The second-order valence-corrected chi connectivity index (χ2v) is 9.80. The van der Waals surface area contributed by atoms with E-state index in [-0.39, 0.29) is 11.5 Å². The average molecular weight is 502 g/mol. The van der Waals surface area contributed by atoms with E-state index in [9.17, 15) is 14.4 Å². The van der Waals surface area contributed by atoms with Gasteiger partial charge < -0.3 is 10.1 Å². The van der Waals surface area contributed by atoms with Crippen LogP contribution in [0.2, 0.25) is 0 Å². The van der Waals surface area contributed by atoms with Crippen LogP contribution in [0.4, 0.5) is 5.69 Å². The maximum Gasteiger partial charge on any atom is 0.338 e. The molecule has 0 aliphatic heterocycles. The summed E-state index contributed by atoms with van der Waals surface area (Å²) in [4.78, 5) is 43.5. The van der Waals surface area contributed by atoms with E-state index in [0.29, 0.717) is 28.1 Å². The van der Waals surface area contributed by atoms with Crippen LogP contribution in [0.1, 0.15) is 54.2 Å². The molecule has 0 saturated carbocycles. The van der Waals surface area contributed by atoms with Crippen molar-refractivity contribution >= 4 is 39.1 Å². The molecular formula is C28H27N3O4S. The minimum absolute atomic E-state index is 0.241. The van der Waals surface area contributed by atoms with Crippen LogP contribution in [0.15, 0.2) is 59.0 Å². The highest BCUT2D eigenvalue weighted by molar-refractivity contribution is 7.17. The molecule has 2 aromatic heterocycles. The Morgan fingerprint density at radius 1 is 1.11 bits per heavy atom. The summed E-state index contributed by atoms with van der Waals surface area (Å²) in [6, 6.07) is 12.1. The summed E-state index contributed by atoms with van der Waals surface area (Å²) in [5, 5.41) is 5.33. The second kappa shape index (κ2) is 10.1. The molecule has 1 amide bonds. The monoisotopic (exact) mass is 501 g/mol. The first-order valence-electron chi connectivity index (χ1n) is 12.1. The van der Waals surface area contributed by atoms with Gasteiger partial charge in [0, 0.05) is 16.6 Å². The Hall–Kier alpha value is -3.78. The predicted octanol–water partition coefficient (Wildman–Crippen LogP) is 5.38. The van der Waals surface area contributed by atoms with Crippen LogP contribution in [0, 0.1) is 0 Å². The summed E-state index contributed by atoms with van der Waals surface area (Å²) in [5.74, 6) is -0.770. The van der Waals surface area contributed by atoms with E-state index < -0.39 is 12.0 Å². The van der Waals surface area contributed by atoms with Gasteiger partial charge in [-0.3, -0.25) is 14.2 Å². The van der Waals surface area contributed by atoms with Crippen molar-refractivity contribution in [1.29, 1.82) is 0 Å². The first-order valence-corrected chi connectivity index (χ1v) is 13.0. The number of ether oxygens (including phenoxy) is 1. The number of thiophene rings is 1. The maximum atomic E-state index is 13.6. The fourth-order valence-corrected chi connectivity index (χ4v) is 5.52. The topological polar surface area (TPSA) is 90.3 Å². The summed E-state index contributed by atoms with van der Waals surface area (Å²) in [7, 11) is 0. The largest absolute Gasteiger partial charge is 0.462 e. The quantitative estimate of drug-likeness (QED) is 0.358. The van der Waals surface area contributed by atoms with Crippen LogP contribution >= 0.6 is 11.3 Å². The lowest BCUT2D eigenvalue weighted by atomic mass is 9.89. The zero-order valence-electron chi connectivity index (χ0n) is 20.2. The molecule has 36 heavy (non-hydrogen) atoms. The number of nitrogens with zero attached hydrogens (tertiary/aromatic N) is 2. The van der Waals surface area contributed by atoms with Crippen molar-refractivity contribution < 1.29 is 14.3 Å². The normalized spacial score (nSPS) is 13.7. The smallest absolute Gasteiger partial charge is 0.338 e. The molecular weight excluding hydrogens is 474 g/mol. The fraction of sp³-hybridized carbons (Fsp3) is 0.286. The highest BCUT2D eigenvalue weighted by atomic mass is 32.1. The predicted molar refractivity (Wildman–Crippen MR) is 142 cm³/mol. The number of benzene rings is 2. The van der Waals surface area contributed by atoms with Gasteiger partial charge in [0.1, 0.15) is 10.9 Å². The van der Waals surface area contributed by atoms with Gasteiger partial charge in [-0.15, -0.1) is 11.3 Å². The van der Waals surface area contributed by atoms with Crippen molar-refractivity contribution in [1.82, 2.24) is 9.55 Å². The lowest BCUT2D eigenvalue weighted by Crippen LogP contribution is -2.31. The molecule has 1 aliphatic rings. The Balaban J connectivity index is 1.41. The number of aromatic nitrogens is 2. The molecule has 0 spiro atoms. The Kier molecular flexibility index (Phi) is 6.69. The molecule has 4 aromatic rings. The molecule has 2 aromatic carbocycles. The van der Waals surface area contributed by atoms with Crippen molar-refractivity contribution in [3.05, 3.63) is 81.2 Å². The lowest BCUT2D eigenvalue weighted by Gasteiger charge is -2.17. The number of carbonyl (C=O) groups excluding carboxylic acids is 2. The number of hydrogen-bond donors (Lipinski definition) is 1. The van der Waals surface area contributed by atoms with Gasteiger partial charge in [0.25, 0.3) is 5.56 Å². The van der Waals surface area contributed by atoms with E-state index in [1.165, 1.54) is 46.2 Å². The number of aryl methyl sites for hydroxylation is 2. The SMILES string of the molecule is CCOC(=O)c1ccc(NC(=O)C(C)n2cnc3scc(-c4ccc5c(c4)CCCC5)c3c2=O)cc1. The first-order chi connectivity index (χ1) is 17.5. The molecule has 184 valence electrons. The third-order valence-corrected chi connectivity index (χ3v) is 7.53. The van der Waals surface area contributed by atoms with Crippen LogP contribution in [0.5, 0.6) is 0 Å². The van der Waals surface area contributed by atoms with Crippen LogP contribution in [-0.2, 0) is 22.4 Å². The van der Waals surface area contributed by atoms with Gasteiger partial charge in [-0.2, -0.15) is 0 Å². The number of fused-ring (bicyclic) bond motifs is 2. The summed E-state index contributed by atoms with van der Waals surface area (Å²) < 4.78 is 6.36. The number of carbonyl (C=O) groups is 2. The Morgan fingerprint density at radius 2 is 1.86 bits per heavy atom. The van der Waals surface area contributed by atoms with Crippen LogP contribution in [-0.4, -0.2) is 28.0 Å². The molecule has 0 saturated heterocycles. The van der Waals surface area contributed by atoms with Gasteiger partial charge >= 0.3 is 5.97 Å². The van der Waals surface area contributed by atoms with Crippen molar-refractivity contribution in [2.24, 2.45) is 0 Å². The van der Waals surface area contributed by atoms with Crippen molar-refractivity contribution in [3.8, 4) is 11.1 Å². The molecule has 7 nitrogen and oxygen atoms in total. The molecule has 0 radical (unpaired) electrons. The van der Waals surface area contributed by atoms with Gasteiger partial charge in [-0.25, -0.2) is 9.78 Å². The lowest BCUT2D eigenvalue weighted by molar-refractivity contribution is -0.118. The van der Waals surface area contributed by atoms with E-state index in [0.717, 1.165) is 24.0 Å². The van der Waals surface area contributed by atoms with E-state index in [4.69, 9.17) is 4.74 Å². The molecule has 1 atom stereocenters. The summed E-state index contributed by atoms with van der Waals surface area (Å²) in [6.45, 7) is 3.70. The number of rotatable bonds is 6. The molecule has 8 heteroatoms. The third-order valence-electron chi connectivity index (χ3n) is 6.64. The Morgan fingerprint density at radius 3 is 2.61 bits per heavy atom. The molecule has 5 rings (SSSR count). The van der Waals surface area contributed by atoms with E-state index >= 15 is 0 Å². The van der Waals surface area contributed by atoms with E-state index in [1.807, 2.05) is 5.38 Å². The highest BCUT2D eigenvalue weighted by Crippen LogP contribution is 2.33. The molecule has 2 heterocycles. The van der Waals surface area contributed by atoms with Gasteiger partial charge in [-0.05, 0) is 80.5 Å². The highest BCUT2D eigenvalue weighted by Gasteiger charge is 2.21. The Bertz CT molecular complexity index is 1500. The van der Waals surface area contributed by atoms with Crippen LogP contribution < -0.4 is 10.9 Å². The number of anilines is 1. The minimum atomic E-state index is -0.782. The van der Waals surface area contributed by atoms with Gasteiger partial charge in [0.2, 0.25) is 5.91 Å². The molecule has 0 bridgehead atoms. The van der Waals surface area contributed by atoms with E-state index in [2.05, 4.69) is 28.5 Å². The van der Waals surface area contributed by atoms with Crippen molar-refractivity contribution in [3.63, 3.8) is 0 Å². The van der Waals surface area contributed by atoms with E-state index in [1.54, 1.807) is 38.1 Å². The zero-order valence-corrected chi connectivity index (χ0v) is 21.1. The van der Waals surface area contributed by atoms with Gasteiger partial charge in [-0.1, -0.05) is 18.2 Å². The summed E-state index contributed by atoms with van der Waals surface area (Å²) in [6.07, 6.45) is 6.01. The standard InChI is InChI=1S/C28H27N3O4S/c1-3-35-28(34)19-10-12-22(13-11-19)30-25(32)17(2)31-16-29-26-24(27(31)33)23(15-36-26)21-9-8-18-6-4-5-7-20(18)14-21/h8-17H,3-7H2,1-2H3,(H,30,32). The summed E-state index contributed by atoms with van der Waals surface area (Å²) >= 11 is 1.44. The third kappa shape index (κ3) is 4.56. The summed E-state index contributed by atoms with van der Waals surface area (Å²) in [5.41, 5.74) is 5.29. The Labute approximate surface area is 212 Å². The van der Waals surface area contributed by atoms with Gasteiger partial charge in [0.05, 0.1) is 23.9 Å². The van der Waals surface area contributed by atoms with Gasteiger partial charge in [0.15, 0.2) is 0 Å². The zero-order chi connectivity index (χ0) is 25.2. The van der Waals surface area contributed by atoms with Crippen molar-refractivity contribution in [2.45, 2.75) is 45.6 Å². The average Bonchev–Trinajstić information content (AvgIpc) is 3.34. The molecule has 0 fully saturated rings. The molecule has 1 N–H and O–H groups in total. The molecule has 1 unspecified atom stereocenters. The van der Waals surface area contributed by atoms with Crippen LogP contribution in [0.25, 0.3) is 21.3 Å². The molecule has 1 aliphatic carbocycles. The minimum Gasteiger partial charge on any atom is -0.462 e. The van der Waals surface area contributed by atoms with Crippen LogP contribution in [0.3, 0.4) is 0 Å².